The van der Waals surface area contributed by atoms with Crippen LogP contribution in [-0.4, -0.2) is 27.9 Å². The molecule has 0 aliphatic heterocycles. The van der Waals surface area contributed by atoms with Crippen LogP contribution >= 0.6 is 12.2 Å². The number of nitrogens with zero attached hydrogens (tertiary/aromatic N) is 1. The number of hydrazone groups is 1. The summed E-state index contributed by atoms with van der Waals surface area (Å²) < 4.78 is 5.61. The second-order valence-corrected chi connectivity index (χ2v) is 7.14. The summed E-state index contributed by atoms with van der Waals surface area (Å²) in [5.41, 5.74) is 4.52. The van der Waals surface area contributed by atoms with E-state index in [1.807, 2.05) is 19.9 Å². The number of rotatable bonds is 6. The first kappa shape index (κ1) is 19.4. The maximum atomic E-state index is 10.7. The van der Waals surface area contributed by atoms with Gasteiger partial charge in [0.15, 0.2) is 5.11 Å². The SMILES string of the molecule is C/C(=N/NC(=S)N[C@@H]1CCCC[C@@H]1C)c1cc(CCC(=O)O)oc1C. The topological polar surface area (TPSA) is 86.9 Å². The molecule has 7 heteroatoms. The predicted molar refractivity (Wildman–Crippen MR) is 102 cm³/mol. The molecule has 3 N–H and O–H groups in total. The van der Waals surface area contributed by atoms with Gasteiger partial charge in [0.1, 0.15) is 11.5 Å². The van der Waals surface area contributed by atoms with Crippen LogP contribution in [0.5, 0.6) is 0 Å². The van der Waals surface area contributed by atoms with Crippen LogP contribution in [0.1, 0.15) is 63.0 Å². The Morgan fingerprint density at radius 3 is 2.84 bits per heavy atom. The number of nitrogens with one attached hydrogen (secondary N) is 2. The average molecular weight is 365 g/mol. The largest absolute Gasteiger partial charge is 0.481 e. The second kappa shape index (κ2) is 8.99. The van der Waals surface area contributed by atoms with Crippen molar-refractivity contribution in [1.82, 2.24) is 10.7 Å². The summed E-state index contributed by atoms with van der Waals surface area (Å²) in [7, 11) is 0. The van der Waals surface area contributed by atoms with E-state index < -0.39 is 5.97 Å². The molecule has 1 heterocycles. The van der Waals surface area contributed by atoms with Gasteiger partial charge in [-0.2, -0.15) is 5.10 Å². The Morgan fingerprint density at radius 1 is 1.44 bits per heavy atom. The lowest BCUT2D eigenvalue weighted by molar-refractivity contribution is -0.137. The van der Waals surface area contributed by atoms with Gasteiger partial charge in [0.25, 0.3) is 0 Å². The third-order valence-corrected chi connectivity index (χ3v) is 4.91. The van der Waals surface area contributed by atoms with Gasteiger partial charge in [-0.3, -0.25) is 10.2 Å². The highest BCUT2D eigenvalue weighted by Gasteiger charge is 2.21. The van der Waals surface area contributed by atoms with Crippen LogP contribution < -0.4 is 10.7 Å². The van der Waals surface area contributed by atoms with Crippen LogP contribution in [0.2, 0.25) is 0 Å². The van der Waals surface area contributed by atoms with Gasteiger partial charge < -0.3 is 14.8 Å². The molecule has 0 radical (unpaired) electrons. The van der Waals surface area contributed by atoms with Gasteiger partial charge in [-0.15, -0.1) is 0 Å². The normalized spacial score (nSPS) is 21.0. The molecule has 0 amide bonds. The Balaban J connectivity index is 1.91. The number of hydrogen-bond donors (Lipinski definition) is 3. The van der Waals surface area contributed by atoms with Gasteiger partial charge in [-0.05, 0) is 50.9 Å². The van der Waals surface area contributed by atoms with Crippen LogP contribution in [0, 0.1) is 12.8 Å². The molecule has 6 nitrogen and oxygen atoms in total. The van der Waals surface area contributed by atoms with Crippen LogP contribution in [-0.2, 0) is 11.2 Å². The van der Waals surface area contributed by atoms with Crippen molar-refractivity contribution < 1.29 is 14.3 Å². The molecule has 138 valence electrons. The van der Waals surface area contributed by atoms with E-state index in [1.165, 1.54) is 19.3 Å². The molecule has 0 aromatic carbocycles. The smallest absolute Gasteiger partial charge is 0.303 e. The van der Waals surface area contributed by atoms with E-state index in [-0.39, 0.29) is 6.42 Å². The Kier molecular flexibility index (Phi) is 6.99. The van der Waals surface area contributed by atoms with Crippen LogP contribution in [0.3, 0.4) is 0 Å². The number of hydrogen-bond acceptors (Lipinski definition) is 4. The van der Waals surface area contributed by atoms with Crippen LogP contribution in [0.15, 0.2) is 15.6 Å². The molecule has 1 saturated carbocycles. The number of carboxylic acid groups (broad SMARTS) is 1. The summed E-state index contributed by atoms with van der Waals surface area (Å²) in [6.45, 7) is 5.97. The van der Waals surface area contributed by atoms with Crippen molar-refractivity contribution in [3.63, 3.8) is 0 Å². The number of aliphatic carboxylic acids is 1. The minimum atomic E-state index is -0.837. The highest BCUT2D eigenvalue weighted by molar-refractivity contribution is 7.80. The number of carboxylic acids is 1. The third-order valence-electron chi connectivity index (χ3n) is 4.70. The molecule has 1 aromatic heterocycles. The van der Waals surface area contributed by atoms with E-state index in [0.717, 1.165) is 23.5 Å². The van der Waals surface area contributed by atoms with E-state index in [4.69, 9.17) is 21.7 Å². The Morgan fingerprint density at radius 2 is 2.16 bits per heavy atom. The molecular formula is C18H27N3O3S. The van der Waals surface area contributed by atoms with Crippen molar-refractivity contribution in [2.45, 2.75) is 65.3 Å². The van der Waals surface area contributed by atoms with E-state index >= 15 is 0 Å². The molecule has 2 atom stereocenters. The lowest BCUT2D eigenvalue weighted by Crippen LogP contribution is -2.44. The Bertz CT molecular complexity index is 654. The number of aryl methyl sites for hydroxylation is 2. The molecular weight excluding hydrogens is 338 g/mol. The molecule has 0 unspecified atom stereocenters. The minimum Gasteiger partial charge on any atom is -0.481 e. The summed E-state index contributed by atoms with van der Waals surface area (Å²) in [5, 5.41) is 17.0. The standard InChI is InChI=1S/C18H27N3O3S/c1-11-6-4-5-7-16(11)19-18(25)21-20-12(2)15-10-14(24-13(15)3)8-9-17(22)23/h10-11,16H,4-9H2,1-3H3,(H,22,23)(H2,19,21,25)/b20-12-/t11-,16+/m0/s1. The van der Waals surface area contributed by atoms with E-state index in [0.29, 0.717) is 29.3 Å². The summed E-state index contributed by atoms with van der Waals surface area (Å²) in [4.78, 5) is 10.7. The maximum absolute atomic E-state index is 10.7. The summed E-state index contributed by atoms with van der Waals surface area (Å²) in [6, 6.07) is 2.25. The fourth-order valence-corrected chi connectivity index (χ4v) is 3.38. The first-order valence-corrected chi connectivity index (χ1v) is 9.20. The molecule has 0 saturated heterocycles. The van der Waals surface area contributed by atoms with Crippen molar-refractivity contribution in [2.75, 3.05) is 0 Å². The van der Waals surface area contributed by atoms with Crippen molar-refractivity contribution in [2.24, 2.45) is 11.0 Å². The zero-order chi connectivity index (χ0) is 18.4. The Hall–Kier alpha value is -1.89. The molecule has 1 aromatic rings. The van der Waals surface area contributed by atoms with Gasteiger partial charge in [0.05, 0.1) is 12.1 Å². The van der Waals surface area contributed by atoms with Gasteiger partial charge in [-0.25, -0.2) is 0 Å². The first-order valence-electron chi connectivity index (χ1n) is 8.79. The van der Waals surface area contributed by atoms with Crippen molar-refractivity contribution in [3.05, 3.63) is 23.2 Å². The Labute approximate surface area is 154 Å². The summed E-state index contributed by atoms with van der Waals surface area (Å²) >= 11 is 5.35. The summed E-state index contributed by atoms with van der Waals surface area (Å²) in [6.07, 6.45) is 5.32. The fourth-order valence-electron chi connectivity index (χ4n) is 3.18. The first-order chi connectivity index (χ1) is 11.9. The highest BCUT2D eigenvalue weighted by Crippen LogP contribution is 2.23. The lowest BCUT2D eigenvalue weighted by atomic mass is 9.86. The van der Waals surface area contributed by atoms with Gasteiger partial charge in [0, 0.05) is 18.0 Å². The van der Waals surface area contributed by atoms with Crippen molar-refractivity contribution in [3.8, 4) is 0 Å². The third kappa shape index (κ3) is 5.85. The number of thiocarbonyl (C=S) groups is 1. The predicted octanol–water partition coefficient (Wildman–Crippen LogP) is 3.37. The summed E-state index contributed by atoms with van der Waals surface area (Å²) in [5.74, 6) is 1.16. The van der Waals surface area contributed by atoms with Gasteiger partial charge in [0.2, 0.25) is 0 Å². The van der Waals surface area contributed by atoms with Crippen LogP contribution in [0.25, 0.3) is 0 Å². The average Bonchev–Trinajstić information content (AvgIpc) is 2.94. The monoisotopic (exact) mass is 365 g/mol. The maximum Gasteiger partial charge on any atom is 0.303 e. The molecule has 1 fully saturated rings. The lowest BCUT2D eigenvalue weighted by Gasteiger charge is -2.30. The zero-order valence-corrected chi connectivity index (χ0v) is 15.9. The van der Waals surface area contributed by atoms with Crippen molar-refractivity contribution in [1.29, 1.82) is 0 Å². The van der Waals surface area contributed by atoms with E-state index in [1.54, 1.807) is 0 Å². The van der Waals surface area contributed by atoms with Gasteiger partial charge in [-0.1, -0.05) is 19.8 Å². The second-order valence-electron chi connectivity index (χ2n) is 6.73. The minimum absolute atomic E-state index is 0.0500. The highest BCUT2D eigenvalue weighted by atomic mass is 32.1. The number of carbonyl (C=O) groups is 1. The molecule has 1 aliphatic carbocycles. The van der Waals surface area contributed by atoms with Crippen LogP contribution in [0.4, 0.5) is 0 Å². The van der Waals surface area contributed by atoms with E-state index in [2.05, 4.69) is 22.8 Å². The molecule has 2 rings (SSSR count). The molecule has 1 aliphatic rings. The van der Waals surface area contributed by atoms with Crippen molar-refractivity contribution >= 4 is 29.0 Å². The molecule has 25 heavy (non-hydrogen) atoms. The zero-order valence-electron chi connectivity index (χ0n) is 15.1. The molecule has 0 bridgehead atoms. The van der Waals surface area contributed by atoms with E-state index in [9.17, 15) is 4.79 Å². The quantitative estimate of drug-likeness (QED) is 0.407. The fraction of sp³-hybridized carbons (Fsp3) is 0.611. The molecule has 0 spiro atoms. The van der Waals surface area contributed by atoms with Gasteiger partial charge >= 0.3 is 5.97 Å². The number of furan rings is 1.